The molecule has 2 aromatic rings. The monoisotopic (exact) mass is 328 g/mol. The molecule has 1 amide bonds. The van der Waals surface area contributed by atoms with Crippen LogP contribution in [0.15, 0.2) is 12.4 Å². The Morgan fingerprint density at radius 3 is 2.83 bits per heavy atom. The number of carbonyl (C=O) groups is 1. The molecular weight excluding hydrogens is 304 g/mol. The van der Waals surface area contributed by atoms with Crippen LogP contribution in [-0.2, 0) is 11.8 Å². The highest BCUT2D eigenvalue weighted by Gasteiger charge is 2.47. The van der Waals surface area contributed by atoms with E-state index in [-0.39, 0.29) is 12.0 Å². The Labute approximate surface area is 141 Å². The lowest BCUT2D eigenvalue weighted by molar-refractivity contribution is -0.134. The van der Waals surface area contributed by atoms with E-state index in [0.29, 0.717) is 11.8 Å². The summed E-state index contributed by atoms with van der Waals surface area (Å²) in [5.41, 5.74) is 1.19. The van der Waals surface area contributed by atoms with Crippen LogP contribution in [0.1, 0.15) is 48.4 Å². The molecule has 0 radical (unpaired) electrons. The van der Waals surface area contributed by atoms with Crippen molar-refractivity contribution in [1.82, 2.24) is 29.4 Å². The molecule has 0 N–H and O–H groups in total. The van der Waals surface area contributed by atoms with Crippen molar-refractivity contribution in [3.63, 3.8) is 0 Å². The van der Waals surface area contributed by atoms with Gasteiger partial charge in [-0.05, 0) is 44.6 Å². The van der Waals surface area contributed by atoms with Crippen molar-refractivity contribution < 1.29 is 4.79 Å². The second kappa shape index (κ2) is 5.72. The first-order valence-electron chi connectivity index (χ1n) is 8.70. The fourth-order valence-electron chi connectivity index (χ4n) is 3.94. The van der Waals surface area contributed by atoms with Gasteiger partial charge < -0.3 is 4.90 Å². The van der Waals surface area contributed by atoms with E-state index in [1.807, 2.05) is 47.6 Å². The Hall–Kier alpha value is -2.18. The summed E-state index contributed by atoms with van der Waals surface area (Å²) < 4.78 is 3.81. The number of amides is 1. The highest BCUT2D eigenvalue weighted by atomic mass is 16.2. The van der Waals surface area contributed by atoms with E-state index in [1.165, 1.54) is 5.56 Å². The smallest absolute Gasteiger partial charge is 0.226 e. The summed E-state index contributed by atoms with van der Waals surface area (Å²) >= 11 is 0. The Balaban J connectivity index is 1.43. The van der Waals surface area contributed by atoms with Gasteiger partial charge >= 0.3 is 0 Å². The summed E-state index contributed by atoms with van der Waals surface area (Å²) in [6.07, 6.45) is 6.95. The third-order valence-corrected chi connectivity index (χ3v) is 5.22. The first-order valence-corrected chi connectivity index (χ1v) is 8.70. The van der Waals surface area contributed by atoms with Crippen LogP contribution in [0.5, 0.6) is 0 Å². The Morgan fingerprint density at radius 1 is 1.33 bits per heavy atom. The molecule has 128 valence electrons. The molecule has 0 spiro atoms. The zero-order valence-corrected chi connectivity index (χ0v) is 14.5. The van der Waals surface area contributed by atoms with Gasteiger partial charge in [0, 0.05) is 32.3 Å². The van der Waals surface area contributed by atoms with E-state index in [0.717, 1.165) is 44.0 Å². The average molecular weight is 328 g/mol. The number of rotatable bonds is 3. The summed E-state index contributed by atoms with van der Waals surface area (Å²) in [6, 6.07) is 0.250. The van der Waals surface area contributed by atoms with Crippen LogP contribution in [0.2, 0.25) is 0 Å². The lowest BCUT2D eigenvalue weighted by Crippen LogP contribution is -2.42. The highest BCUT2D eigenvalue weighted by Crippen LogP contribution is 2.48. The molecule has 0 aromatic carbocycles. The molecule has 7 nitrogen and oxygen atoms in total. The first-order chi connectivity index (χ1) is 11.5. The molecule has 2 aliphatic rings. The molecule has 24 heavy (non-hydrogen) atoms. The second-order valence-electron chi connectivity index (χ2n) is 7.13. The third-order valence-electron chi connectivity index (χ3n) is 5.22. The molecule has 0 unspecified atom stereocenters. The van der Waals surface area contributed by atoms with Crippen LogP contribution in [0.25, 0.3) is 0 Å². The number of hydrogen-bond donors (Lipinski definition) is 0. The van der Waals surface area contributed by atoms with Crippen molar-refractivity contribution in [3.05, 3.63) is 29.6 Å². The normalized spacial score (nSPS) is 26.6. The predicted molar refractivity (Wildman–Crippen MR) is 88.4 cm³/mol. The summed E-state index contributed by atoms with van der Waals surface area (Å²) in [5.74, 6) is 2.51. The SMILES string of the molecule is Cc1nc(C)n([C@@H]2CCCN(C(=O)[C@H]3C[C@@H]3c3cnn(C)c3)C2)n1. The number of hydrogen-bond acceptors (Lipinski definition) is 4. The zero-order chi connectivity index (χ0) is 16.8. The number of aromatic nitrogens is 5. The van der Waals surface area contributed by atoms with Gasteiger partial charge in [0.05, 0.1) is 12.2 Å². The molecule has 1 saturated carbocycles. The third kappa shape index (κ3) is 2.72. The van der Waals surface area contributed by atoms with Crippen LogP contribution in [0.4, 0.5) is 0 Å². The fraction of sp³-hybridized carbons (Fsp3) is 0.647. The lowest BCUT2D eigenvalue weighted by Gasteiger charge is -2.33. The Morgan fingerprint density at radius 2 is 2.17 bits per heavy atom. The minimum absolute atomic E-state index is 0.131. The lowest BCUT2D eigenvalue weighted by atomic mass is 10.0. The van der Waals surface area contributed by atoms with E-state index in [4.69, 9.17) is 0 Å². The van der Waals surface area contributed by atoms with Gasteiger partial charge in [-0.2, -0.15) is 10.2 Å². The van der Waals surface area contributed by atoms with Crippen LogP contribution in [0.3, 0.4) is 0 Å². The maximum Gasteiger partial charge on any atom is 0.226 e. The first kappa shape index (κ1) is 15.4. The van der Waals surface area contributed by atoms with Gasteiger partial charge in [0.25, 0.3) is 0 Å². The highest BCUT2D eigenvalue weighted by molar-refractivity contribution is 5.83. The molecule has 2 aromatic heterocycles. The number of likely N-dealkylation sites (tertiary alicyclic amines) is 1. The summed E-state index contributed by atoms with van der Waals surface area (Å²) in [4.78, 5) is 19.3. The van der Waals surface area contributed by atoms with Crippen molar-refractivity contribution in [1.29, 1.82) is 0 Å². The quantitative estimate of drug-likeness (QED) is 0.858. The molecule has 0 bridgehead atoms. The van der Waals surface area contributed by atoms with Gasteiger partial charge in [-0.25, -0.2) is 9.67 Å². The minimum atomic E-state index is 0.131. The van der Waals surface area contributed by atoms with Gasteiger partial charge in [-0.3, -0.25) is 9.48 Å². The Kier molecular flexibility index (Phi) is 3.66. The van der Waals surface area contributed by atoms with E-state index in [9.17, 15) is 4.79 Å². The van der Waals surface area contributed by atoms with Crippen molar-refractivity contribution in [2.45, 2.75) is 45.1 Å². The molecule has 4 rings (SSSR count). The molecule has 7 heteroatoms. The molecular formula is C17H24N6O. The topological polar surface area (TPSA) is 68.8 Å². The zero-order valence-electron chi connectivity index (χ0n) is 14.5. The molecule has 3 atom stereocenters. The summed E-state index contributed by atoms with van der Waals surface area (Å²) in [7, 11) is 1.92. The van der Waals surface area contributed by atoms with Crippen molar-refractivity contribution in [2.75, 3.05) is 13.1 Å². The standard InChI is InChI=1S/C17H24N6O/c1-11-19-12(2)23(20-11)14-5-4-6-22(10-14)17(24)16-7-15(16)13-8-18-21(3)9-13/h8-9,14-16H,4-7,10H2,1-3H3/t14-,15-,16+/m1/s1. The number of carbonyl (C=O) groups excluding carboxylic acids is 1. The Bertz CT molecular complexity index is 763. The van der Waals surface area contributed by atoms with E-state index >= 15 is 0 Å². The van der Waals surface area contributed by atoms with Gasteiger partial charge in [-0.15, -0.1) is 0 Å². The van der Waals surface area contributed by atoms with E-state index in [1.54, 1.807) is 0 Å². The molecule has 2 fully saturated rings. The van der Waals surface area contributed by atoms with Gasteiger partial charge in [0.1, 0.15) is 11.6 Å². The van der Waals surface area contributed by atoms with E-state index < -0.39 is 0 Å². The minimum Gasteiger partial charge on any atom is -0.340 e. The molecule has 1 aliphatic carbocycles. The second-order valence-corrected chi connectivity index (χ2v) is 7.13. The molecule has 1 saturated heterocycles. The van der Waals surface area contributed by atoms with Crippen LogP contribution < -0.4 is 0 Å². The van der Waals surface area contributed by atoms with Crippen molar-refractivity contribution in [2.24, 2.45) is 13.0 Å². The van der Waals surface area contributed by atoms with Gasteiger partial charge in [-0.1, -0.05) is 0 Å². The maximum absolute atomic E-state index is 12.9. The fourth-order valence-corrected chi connectivity index (χ4v) is 3.94. The van der Waals surface area contributed by atoms with Crippen LogP contribution in [0, 0.1) is 19.8 Å². The molecule has 3 heterocycles. The summed E-state index contributed by atoms with van der Waals surface area (Å²) in [5, 5.41) is 8.73. The number of nitrogens with zero attached hydrogens (tertiary/aromatic N) is 6. The number of piperidine rings is 1. The van der Waals surface area contributed by atoms with Gasteiger partial charge in [0.2, 0.25) is 5.91 Å². The van der Waals surface area contributed by atoms with Crippen LogP contribution in [-0.4, -0.2) is 48.4 Å². The largest absolute Gasteiger partial charge is 0.340 e. The molecule has 1 aliphatic heterocycles. The number of aryl methyl sites for hydroxylation is 3. The maximum atomic E-state index is 12.9. The van der Waals surface area contributed by atoms with Crippen molar-refractivity contribution in [3.8, 4) is 0 Å². The predicted octanol–water partition coefficient (Wildman–Crippen LogP) is 1.60. The average Bonchev–Trinajstić information content (AvgIpc) is 3.13. The van der Waals surface area contributed by atoms with E-state index in [2.05, 4.69) is 15.2 Å². The van der Waals surface area contributed by atoms with Crippen LogP contribution >= 0.6 is 0 Å². The van der Waals surface area contributed by atoms with Crippen molar-refractivity contribution >= 4 is 5.91 Å². The van der Waals surface area contributed by atoms with Gasteiger partial charge in [0.15, 0.2) is 0 Å². The summed E-state index contributed by atoms with van der Waals surface area (Å²) in [6.45, 7) is 5.51.